The predicted molar refractivity (Wildman–Crippen MR) is 63.4 cm³/mol. The first-order valence-corrected chi connectivity index (χ1v) is 6.88. The quantitative estimate of drug-likeness (QED) is 0.864. The molecule has 1 aliphatic rings. The first-order chi connectivity index (χ1) is 7.25. The molecule has 0 aliphatic carbocycles. The van der Waals surface area contributed by atoms with Gasteiger partial charge in [0.15, 0.2) is 4.34 Å². The van der Waals surface area contributed by atoms with E-state index in [0.29, 0.717) is 0 Å². The molecular formula is C10H14N2OS2. The Kier molecular flexibility index (Phi) is 3.64. The van der Waals surface area contributed by atoms with Crippen molar-refractivity contribution in [2.45, 2.75) is 35.8 Å². The van der Waals surface area contributed by atoms with Crippen LogP contribution < -0.4 is 5.32 Å². The van der Waals surface area contributed by atoms with Crippen LogP contribution in [-0.4, -0.2) is 22.7 Å². The highest BCUT2D eigenvalue weighted by Gasteiger charge is 2.22. The van der Waals surface area contributed by atoms with Crippen LogP contribution in [0.25, 0.3) is 0 Å². The van der Waals surface area contributed by atoms with E-state index in [-0.39, 0.29) is 11.2 Å². The van der Waals surface area contributed by atoms with Gasteiger partial charge in [0.1, 0.15) is 0 Å². The first kappa shape index (κ1) is 11.0. The number of aryl methyl sites for hydroxylation is 1. The molecular weight excluding hydrogens is 228 g/mol. The Balaban J connectivity index is 2.00. The molecule has 0 saturated carbocycles. The van der Waals surface area contributed by atoms with E-state index in [1.54, 1.807) is 23.1 Å². The Morgan fingerprint density at radius 3 is 3.20 bits per heavy atom. The average Bonchev–Trinajstić information content (AvgIpc) is 2.50. The lowest BCUT2D eigenvalue weighted by Gasteiger charge is -2.09. The summed E-state index contributed by atoms with van der Waals surface area (Å²) in [6.45, 7) is 2.81. The van der Waals surface area contributed by atoms with Crippen LogP contribution in [0.4, 0.5) is 0 Å². The molecule has 1 aromatic heterocycles. The van der Waals surface area contributed by atoms with Crippen LogP contribution in [0.2, 0.25) is 0 Å². The second kappa shape index (κ2) is 4.99. The van der Waals surface area contributed by atoms with Gasteiger partial charge in [-0.1, -0.05) is 18.2 Å². The fourth-order valence-corrected chi connectivity index (χ4v) is 3.68. The third-order valence-electron chi connectivity index (χ3n) is 2.33. The molecule has 0 aromatic carbocycles. The second-order valence-corrected chi connectivity index (χ2v) is 5.96. The first-order valence-electron chi connectivity index (χ1n) is 5.12. The van der Waals surface area contributed by atoms with Crippen LogP contribution in [-0.2, 0) is 4.79 Å². The second-order valence-electron chi connectivity index (χ2n) is 3.65. The van der Waals surface area contributed by atoms with Crippen molar-refractivity contribution in [1.29, 1.82) is 0 Å². The molecule has 0 spiro atoms. The molecule has 1 atom stereocenters. The Labute approximate surface area is 97.7 Å². The minimum atomic E-state index is 0.0537. The smallest absolute Gasteiger partial charge is 0.233 e. The third-order valence-corrected chi connectivity index (χ3v) is 4.68. The van der Waals surface area contributed by atoms with Crippen molar-refractivity contribution in [2.75, 3.05) is 6.54 Å². The minimum absolute atomic E-state index is 0.0537. The number of nitrogens with one attached hydrogen (secondary N) is 1. The lowest BCUT2D eigenvalue weighted by molar-refractivity contribution is -0.120. The van der Waals surface area contributed by atoms with Crippen LogP contribution in [0.5, 0.6) is 0 Å². The molecule has 2 rings (SSSR count). The molecule has 1 aliphatic heterocycles. The zero-order valence-corrected chi connectivity index (χ0v) is 10.3. The Morgan fingerprint density at radius 1 is 1.60 bits per heavy atom. The van der Waals surface area contributed by atoms with E-state index in [4.69, 9.17) is 0 Å². The summed E-state index contributed by atoms with van der Waals surface area (Å²) in [5.41, 5.74) is 1.04. The average molecular weight is 242 g/mol. The number of aromatic nitrogens is 1. The number of hydrogen-bond acceptors (Lipinski definition) is 4. The summed E-state index contributed by atoms with van der Waals surface area (Å²) in [5.74, 6) is 0.172. The molecule has 0 radical (unpaired) electrons. The largest absolute Gasteiger partial charge is 0.355 e. The van der Waals surface area contributed by atoms with E-state index in [1.807, 2.05) is 12.3 Å². The zero-order valence-electron chi connectivity index (χ0n) is 8.66. The maximum absolute atomic E-state index is 11.7. The van der Waals surface area contributed by atoms with Crippen LogP contribution in [0.3, 0.4) is 0 Å². The Bertz CT molecular complexity index is 351. The fourth-order valence-electron chi connectivity index (χ4n) is 1.53. The van der Waals surface area contributed by atoms with E-state index in [9.17, 15) is 4.79 Å². The van der Waals surface area contributed by atoms with Gasteiger partial charge in [0.25, 0.3) is 0 Å². The summed E-state index contributed by atoms with van der Waals surface area (Å²) >= 11 is 3.23. The number of carbonyl (C=O) groups is 1. The van der Waals surface area contributed by atoms with Gasteiger partial charge in [-0.3, -0.25) is 4.79 Å². The summed E-state index contributed by atoms with van der Waals surface area (Å²) in [4.78, 5) is 16.0. The van der Waals surface area contributed by atoms with Crippen LogP contribution in [0, 0.1) is 6.92 Å². The maximum atomic E-state index is 11.7. The van der Waals surface area contributed by atoms with E-state index in [1.165, 1.54) is 0 Å². The number of rotatable bonds is 2. The standard InChI is InChI=1S/C10H14N2OS2/c1-7-6-14-10(12-7)15-8-4-2-3-5-11-9(8)13/h6,8H,2-5H2,1H3,(H,11,13). The number of nitrogens with zero attached hydrogens (tertiary/aromatic N) is 1. The van der Waals surface area contributed by atoms with Gasteiger partial charge in [0.05, 0.1) is 5.25 Å². The Morgan fingerprint density at radius 2 is 2.47 bits per heavy atom. The summed E-state index contributed by atoms with van der Waals surface area (Å²) in [6.07, 6.45) is 3.19. The highest BCUT2D eigenvalue weighted by molar-refractivity contribution is 8.02. The summed E-state index contributed by atoms with van der Waals surface area (Å²) in [6, 6.07) is 0. The molecule has 3 nitrogen and oxygen atoms in total. The van der Waals surface area contributed by atoms with Gasteiger partial charge >= 0.3 is 0 Å². The summed E-state index contributed by atoms with van der Waals surface area (Å²) in [5, 5.41) is 5.02. The van der Waals surface area contributed by atoms with Gasteiger partial charge < -0.3 is 5.32 Å². The van der Waals surface area contributed by atoms with E-state index >= 15 is 0 Å². The highest BCUT2D eigenvalue weighted by atomic mass is 32.2. The van der Waals surface area contributed by atoms with E-state index < -0.39 is 0 Å². The van der Waals surface area contributed by atoms with Crippen molar-refractivity contribution >= 4 is 29.0 Å². The molecule has 0 bridgehead atoms. The van der Waals surface area contributed by atoms with Gasteiger partial charge in [-0.2, -0.15) is 0 Å². The zero-order chi connectivity index (χ0) is 10.7. The lowest BCUT2D eigenvalue weighted by atomic mass is 10.2. The highest BCUT2D eigenvalue weighted by Crippen LogP contribution is 2.30. The van der Waals surface area contributed by atoms with Gasteiger partial charge in [0, 0.05) is 17.6 Å². The van der Waals surface area contributed by atoms with Gasteiger partial charge in [0.2, 0.25) is 5.91 Å². The monoisotopic (exact) mass is 242 g/mol. The van der Waals surface area contributed by atoms with Gasteiger partial charge in [-0.05, 0) is 19.8 Å². The van der Waals surface area contributed by atoms with Crippen molar-refractivity contribution in [2.24, 2.45) is 0 Å². The van der Waals surface area contributed by atoms with Crippen LogP contribution in [0.1, 0.15) is 25.0 Å². The molecule has 5 heteroatoms. The van der Waals surface area contributed by atoms with Gasteiger partial charge in [-0.15, -0.1) is 11.3 Å². The lowest BCUT2D eigenvalue weighted by Crippen LogP contribution is -2.30. The van der Waals surface area contributed by atoms with Crippen molar-refractivity contribution in [1.82, 2.24) is 10.3 Å². The molecule has 1 amide bonds. The summed E-state index contributed by atoms with van der Waals surface area (Å²) < 4.78 is 1.01. The molecule has 1 saturated heterocycles. The molecule has 1 aromatic rings. The number of carbonyl (C=O) groups excluding carboxylic acids is 1. The number of thiazole rings is 1. The fraction of sp³-hybridized carbons (Fsp3) is 0.600. The van der Waals surface area contributed by atoms with Crippen LogP contribution >= 0.6 is 23.1 Å². The van der Waals surface area contributed by atoms with Crippen LogP contribution in [0.15, 0.2) is 9.72 Å². The van der Waals surface area contributed by atoms with Crippen molar-refractivity contribution < 1.29 is 4.79 Å². The topological polar surface area (TPSA) is 42.0 Å². The van der Waals surface area contributed by atoms with Crippen molar-refractivity contribution in [3.63, 3.8) is 0 Å². The molecule has 82 valence electrons. The maximum Gasteiger partial charge on any atom is 0.233 e. The normalized spacial score (nSPS) is 22.2. The van der Waals surface area contributed by atoms with Crippen molar-refractivity contribution in [3.05, 3.63) is 11.1 Å². The van der Waals surface area contributed by atoms with Crippen molar-refractivity contribution in [3.8, 4) is 0 Å². The Hall–Kier alpha value is -0.550. The number of hydrogen-bond donors (Lipinski definition) is 1. The molecule has 2 heterocycles. The third kappa shape index (κ3) is 2.95. The predicted octanol–water partition coefficient (Wildman–Crippen LogP) is 2.21. The summed E-state index contributed by atoms with van der Waals surface area (Å²) in [7, 11) is 0. The number of amides is 1. The number of thioether (sulfide) groups is 1. The van der Waals surface area contributed by atoms with Gasteiger partial charge in [-0.25, -0.2) is 4.98 Å². The van der Waals surface area contributed by atoms with E-state index in [2.05, 4.69) is 10.3 Å². The van der Waals surface area contributed by atoms with E-state index in [0.717, 1.165) is 35.8 Å². The molecule has 1 N–H and O–H groups in total. The molecule has 15 heavy (non-hydrogen) atoms. The minimum Gasteiger partial charge on any atom is -0.355 e. The molecule has 1 fully saturated rings. The molecule has 1 unspecified atom stereocenters. The SMILES string of the molecule is Cc1csc(SC2CCCCNC2=O)n1.